The van der Waals surface area contributed by atoms with E-state index >= 15 is 0 Å². The molecule has 0 aliphatic carbocycles. The minimum atomic E-state index is 0.684. The number of hydrogen-bond acceptors (Lipinski definition) is 3. The van der Waals surface area contributed by atoms with E-state index in [-0.39, 0.29) is 0 Å². The lowest BCUT2D eigenvalue weighted by atomic mass is 10.1. The van der Waals surface area contributed by atoms with Crippen LogP contribution in [0.15, 0.2) is 16.7 Å². The molecule has 108 valence electrons. The van der Waals surface area contributed by atoms with Crippen molar-refractivity contribution in [1.82, 2.24) is 10.2 Å². The molecule has 1 aliphatic heterocycles. The second kappa shape index (κ2) is 7.71. The van der Waals surface area contributed by atoms with Gasteiger partial charge in [0, 0.05) is 18.2 Å². The van der Waals surface area contributed by atoms with Crippen LogP contribution in [0.4, 0.5) is 0 Å². The molecule has 1 atom stereocenters. The zero-order chi connectivity index (χ0) is 13.5. The molecule has 1 fully saturated rings. The number of nitrogens with zero attached hydrogens (tertiary/aromatic N) is 1. The van der Waals surface area contributed by atoms with E-state index in [1.54, 1.807) is 0 Å². The lowest BCUT2D eigenvalue weighted by molar-refractivity contribution is 0.188. The highest BCUT2D eigenvalue weighted by molar-refractivity contribution is 5.17. The second-order valence-electron chi connectivity index (χ2n) is 5.71. The molecule has 0 saturated carbocycles. The first-order valence-electron chi connectivity index (χ1n) is 7.81. The van der Waals surface area contributed by atoms with Gasteiger partial charge in [0.15, 0.2) is 0 Å². The summed E-state index contributed by atoms with van der Waals surface area (Å²) in [6, 6.07) is 2.80. The van der Waals surface area contributed by atoms with Crippen molar-refractivity contribution in [1.29, 1.82) is 0 Å². The molecule has 0 aromatic carbocycles. The third kappa shape index (κ3) is 4.36. The highest BCUT2D eigenvalue weighted by Crippen LogP contribution is 2.21. The monoisotopic (exact) mass is 264 g/mol. The first-order valence-corrected chi connectivity index (χ1v) is 7.81. The van der Waals surface area contributed by atoms with E-state index in [2.05, 4.69) is 30.1 Å². The highest BCUT2D eigenvalue weighted by Gasteiger charge is 2.19. The van der Waals surface area contributed by atoms with Gasteiger partial charge in [-0.25, -0.2) is 0 Å². The van der Waals surface area contributed by atoms with Gasteiger partial charge in [-0.3, -0.25) is 4.90 Å². The summed E-state index contributed by atoms with van der Waals surface area (Å²) in [5, 5.41) is 3.46. The number of rotatable bonds is 6. The predicted molar refractivity (Wildman–Crippen MR) is 79.0 cm³/mol. The maximum Gasteiger partial charge on any atom is 0.122 e. The summed E-state index contributed by atoms with van der Waals surface area (Å²) >= 11 is 0. The SMILES string of the molecule is CCCNCc1ccoc1CN1CCCCCC1C. The Hall–Kier alpha value is -0.800. The minimum absolute atomic E-state index is 0.684. The van der Waals surface area contributed by atoms with Gasteiger partial charge in [0.05, 0.1) is 12.8 Å². The number of hydrogen-bond donors (Lipinski definition) is 1. The molecule has 0 radical (unpaired) electrons. The summed E-state index contributed by atoms with van der Waals surface area (Å²) in [7, 11) is 0. The maximum atomic E-state index is 5.71. The van der Waals surface area contributed by atoms with Gasteiger partial charge >= 0.3 is 0 Å². The Labute approximate surface area is 117 Å². The third-order valence-corrected chi connectivity index (χ3v) is 4.12. The van der Waals surface area contributed by atoms with E-state index in [0.717, 1.165) is 25.4 Å². The molecule has 1 unspecified atom stereocenters. The Bertz CT molecular complexity index is 361. The van der Waals surface area contributed by atoms with Gasteiger partial charge in [-0.2, -0.15) is 0 Å². The van der Waals surface area contributed by atoms with E-state index in [0.29, 0.717) is 6.04 Å². The fourth-order valence-corrected chi connectivity index (χ4v) is 2.82. The lowest BCUT2D eigenvalue weighted by Gasteiger charge is -2.26. The topological polar surface area (TPSA) is 28.4 Å². The van der Waals surface area contributed by atoms with Crippen LogP contribution in [0.25, 0.3) is 0 Å². The van der Waals surface area contributed by atoms with Gasteiger partial charge < -0.3 is 9.73 Å². The quantitative estimate of drug-likeness (QED) is 0.797. The Morgan fingerprint density at radius 1 is 1.37 bits per heavy atom. The summed E-state index contributed by atoms with van der Waals surface area (Å²) in [6.07, 6.45) is 8.42. The number of likely N-dealkylation sites (tertiary alicyclic amines) is 1. The number of nitrogens with one attached hydrogen (secondary N) is 1. The zero-order valence-corrected chi connectivity index (χ0v) is 12.5. The second-order valence-corrected chi connectivity index (χ2v) is 5.71. The molecule has 2 heterocycles. The van der Waals surface area contributed by atoms with Gasteiger partial charge in [-0.05, 0) is 45.3 Å². The summed E-state index contributed by atoms with van der Waals surface area (Å²) in [4.78, 5) is 2.58. The predicted octanol–water partition coefficient (Wildman–Crippen LogP) is 3.54. The van der Waals surface area contributed by atoms with Crippen molar-refractivity contribution in [2.24, 2.45) is 0 Å². The first kappa shape index (κ1) is 14.6. The Morgan fingerprint density at radius 2 is 2.26 bits per heavy atom. The fraction of sp³-hybridized carbons (Fsp3) is 0.750. The maximum absolute atomic E-state index is 5.71. The first-order chi connectivity index (χ1) is 9.31. The van der Waals surface area contributed by atoms with Gasteiger partial charge in [0.25, 0.3) is 0 Å². The van der Waals surface area contributed by atoms with Crippen LogP contribution in [0.3, 0.4) is 0 Å². The van der Waals surface area contributed by atoms with Gasteiger partial charge in [0.2, 0.25) is 0 Å². The molecule has 1 saturated heterocycles. The molecule has 1 aromatic heterocycles. The molecule has 1 N–H and O–H groups in total. The average molecular weight is 264 g/mol. The molecular formula is C16H28N2O. The molecule has 3 heteroatoms. The summed E-state index contributed by atoms with van der Waals surface area (Å²) in [5.41, 5.74) is 1.32. The normalized spacial score (nSPS) is 21.5. The summed E-state index contributed by atoms with van der Waals surface area (Å²) in [6.45, 7) is 8.74. The molecule has 1 aromatic rings. The van der Waals surface area contributed by atoms with Crippen molar-refractivity contribution >= 4 is 0 Å². The largest absolute Gasteiger partial charge is 0.468 e. The van der Waals surface area contributed by atoms with Crippen molar-refractivity contribution in [2.45, 2.75) is 65.1 Å². The Morgan fingerprint density at radius 3 is 3.11 bits per heavy atom. The summed E-state index contributed by atoms with van der Waals surface area (Å²) in [5.74, 6) is 1.15. The van der Waals surface area contributed by atoms with Crippen molar-refractivity contribution < 1.29 is 4.42 Å². The van der Waals surface area contributed by atoms with E-state index in [1.807, 2.05) is 6.26 Å². The van der Waals surface area contributed by atoms with Crippen LogP contribution in [0.5, 0.6) is 0 Å². The average Bonchev–Trinajstić information content (AvgIpc) is 2.74. The fourth-order valence-electron chi connectivity index (χ4n) is 2.82. The highest BCUT2D eigenvalue weighted by atomic mass is 16.3. The molecule has 1 aliphatic rings. The van der Waals surface area contributed by atoms with Crippen molar-refractivity contribution in [3.05, 3.63) is 23.7 Å². The Balaban J connectivity index is 1.92. The molecule has 0 amide bonds. The van der Waals surface area contributed by atoms with Crippen LogP contribution >= 0.6 is 0 Å². The van der Waals surface area contributed by atoms with Crippen LogP contribution in [0, 0.1) is 0 Å². The van der Waals surface area contributed by atoms with Gasteiger partial charge in [0.1, 0.15) is 5.76 Å². The van der Waals surface area contributed by atoms with E-state index in [4.69, 9.17) is 4.42 Å². The molecule has 2 rings (SSSR count). The molecule has 3 nitrogen and oxygen atoms in total. The number of furan rings is 1. The molecule has 0 bridgehead atoms. The van der Waals surface area contributed by atoms with Crippen molar-refractivity contribution in [3.8, 4) is 0 Å². The minimum Gasteiger partial charge on any atom is -0.468 e. The zero-order valence-electron chi connectivity index (χ0n) is 12.5. The van der Waals surface area contributed by atoms with Gasteiger partial charge in [-0.1, -0.05) is 19.8 Å². The molecular weight excluding hydrogens is 236 g/mol. The summed E-state index contributed by atoms with van der Waals surface area (Å²) < 4.78 is 5.71. The van der Waals surface area contributed by atoms with Crippen LogP contribution in [0.2, 0.25) is 0 Å². The van der Waals surface area contributed by atoms with E-state index in [9.17, 15) is 0 Å². The van der Waals surface area contributed by atoms with Gasteiger partial charge in [-0.15, -0.1) is 0 Å². The van der Waals surface area contributed by atoms with Crippen molar-refractivity contribution in [3.63, 3.8) is 0 Å². The van der Waals surface area contributed by atoms with Crippen LogP contribution < -0.4 is 5.32 Å². The smallest absolute Gasteiger partial charge is 0.122 e. The third-order valence-electron chi connectivity index (χ3n) is 4.12. The molecule has 19 heavy (non-hydrogen) atoms. The van der Waals surface area contributed by atoms with Crippen LogP contribution in [-0.4, -0.2) is 24.0 Å². The van der Waals surface area contributed by atoms with Crippen LogP contribution in [-0.2, 0) is 13.1 Å². The Kier molecular flexibility index (Phi) is 5.93. The lowest BCUT2D eigenvalue weighted by Crippen LogP contribution is -2.32. The molecule has 0 spiro atoms. The van der Waals surface area contributed by atoms with Crippen LogP contribution in [0.1, 0.15) is 57.3 Å². The van der Waals surface area contributed by atoms with E-state index < -0.39 is 0 Å². The van der Waals surface area contributed by atoms with Crippen molar-refractivity contribution in [2.75, 3.05) is 13.1 Å². The standard InChI is InChI=1S/C16H28N2O/c1-3-9-17-12-15-8-11-19-16(15)13-18-10-6-4-5-7-14(18)2/h8,11,14,17H,3-7,9-10,12-13H2,1-2H3. The van der Waals surface area contributed by atoms with E-state index in [1.165, 1.54) is 44.2 Å².